The van der Waals surface area contributed by atoms with Crippen LogP contribution in [0.3, 0.4) is 0 Å². The summed E-state index contributed by atoms with van der Waals surface area (Å²) in [4.78, 5) is 15.7. The van der Waals surface area contributed by atoms with Gasteiger partial charge in [-0.05, 0) is 56.5 Å². The first-order valence-corrected chi connectivity index (χ1v) is 12.6. The summed E-state index contributed by atoms with van der Waals surface area (Å²) in [6.45, 7) is 6.28. The van der Waals surface area contributed by atoms with Crippen LogP contribution < -0.4 is 10.2 Å². The molecule has 3 rings (SSSR count). The second kappa shape index (κ2) is 11.2. The predicted octanol–water partition coefficient (Wildman–Crippen LogP) is 5.17. The van der Waals surface area contributed by atoms with Crippen molar-refractivity contribution < 1.29 is 4.79 Å². The first-order valence-electron chi connectivity index (χ1n) is 10.4. The van der Waals surface area contributed by atoms with E-state index >= 15 is 0 Å². The Morgan fingerprint density at radius 2 is 1.77 bits per heavy atom. The van der Waals surface area contributed by atoms with E-state index in [0.717, 1.165) is 40.2 Å². The highest BCUT2D eigenvalue weighted by molar-refractivity contribution is 7.99. The van der Waals surface area contributed by atoms with E-state index in [4.69, 9.17) is 0 Å². The topological polar surface area (TPSA) is 63.1 Å². The maximum Gasteiger partial charge on any atom is 0.225 e. The van der Waals surface area contributed by atoms with Crippen LogP contribution in [0.4, 0.5) is 11.4 Å². The number of benzene rings is 2. The molecule has 8 heteroatoms. The lowest BCUT2D eigenvalue weighted by Gasteiger charge is -2.21. The largest absolute Gasteiger partial charge is 0.372 e. The van der Waals surface area contributed by atoms with E-state index in [1.165, 1.54) is 5.69 Å². The van der Waals surface area contributed by atoms with Gasteiger partial charge in [-0.3, -0.25) is 4.79 Å². The molecule has 1 amide bonds. The van der Waals surface area contributed by atoms with Crippen molar-refractivity contribution in [1.82, 2.24) is 14.8 Å². The van der Waals surface area contributed by atoms with Crippen LogP contribution in [0, 0.1) is 0 Å². The number of nitrogens with zero attached hydrogens (tertiary/aromatic N) is 4. The van der Waals surface area contributed by atoms with Crippen LogP contribution in [-0.2, 0) is 11.8 Å². The minimum atomic E-state index is 0.00313. The molecule has 2 aromatic carbocycles. The Morgan fingerprint density at radius 1 is 1.06 bits per heavy atom. The smallest absolute Gasteiger partial charge is 0.225 e. The Kier molecular flexibility index (Phi) is 8.43. The number of amides is 1. The molecule has 0 aliphatic heterocycles. The van der Waals surface area contributed by atoms with Crippen molar-refractivity contribution in [2.75, 3.05) is 35.3 Å². The molecule has 1 heterocycles. The fourth-order valence-electron chi connectivity index (χ4n) is 3.30. The first kappa shape index (κ1) is 23.2. The molecule has 0 spiro atoms. The summed E-state index contributed by atoms with van der Waals surface area (Å²) in [6, 6.07) is 16.3. The van der Waals surface area contributed by atoms with Crippen molar-refractivity contribution in [2.24, 2.45) is 7.05 Å². The Balaban J connectivity index is 1.57. The summed E-state index contributed by atoms with van der Waals surface area (Å²) < 4.78 is 1.98. The van der Waals surface area contributed by atoms with Crippen molar-refractivity contribution in [2.45, 2.75) is 30.3 Å². The molecule has 31 heavy (non-hydrogen) atoms. The summed E-state index contributed by atoms with van der Waals surface area (Å²) in [6.07, 6.45) is 2.41. The van der Waals surface area contributed by atoms with Crippen molar-refractivity contribution >= 4 is 40.8 Å². The molecule has 6 nitrogen and oxygen atoms in total. The molecule has 0 aliphatic rings. The first-order chi connectivity index (χ1) is 15.1. The number of para-hydroxylation sites is 1. The maximum atomic E-state index is 12.3. The molecular weight excluding hydrogens is 426 g/mol. The molecule has 0 fully saturated rings. The van der Waals surface area contributed by atoms with Crippen LogP contribution in [0.5, 0.6) is 0 Å². The second-order valence-corrected chi connectivity index (χ2v) is 8.84. The third kappa shape index (κ3) is 5.83. The number of aromatic nitrogens is 3. The average molecular weight is 456 g/mol. The molecule has 0 atom stereocenters. The van der Waals surface area contributed by atoms with E-state index in [2.05, 4.69) is 58.5 Å². The van der Waals surface area contributed by atoms with Crippen LogP contribution >= 0.6 is 23.5 Å². The Bertz CT molecular complexity index is 999. The molecule has 0 saturated heterocycles. The standard InChI is InChI=1S/C23H29N5OS2/c1-5-28(6-2)18-13-11-17(12-14-18)22-25-26-23(27(22)3)31-16-15-21(29)24-19-9-7-8-10-20(19)30-4/h7-14H,5-6,15-16H2,1-4H3,(H,24,29). The SMILES string of the molecule is CCN(CC)c1ccc(-c2nnc(SCCC(=O)Nc3ccccc3SC)n2C)cc1. The van der Waals surface area contributed by atoms with Gasteiger partial charge in [-0.1, -0.05) is 23.9 Å². The number of nitrogens with one attached hydrogen (secondary N) is 1. The van der Waals surface area contributed by atoms with E-state index < -0.39 is 0 Å². The summed E-state index contributed by atoms with van der Waals surface area (Å²) in [7, 11) is 1.96. The molecule has 1 aromatic heterocycles. The number of hydrogen-bond acceptors (Lipinski definition) is 6. The van der Waals surface area contributed by atoms with Crippen molar-refractivity contribution in [3.63, 3.8) is 0 Å². The minimum absolute atomic E-state index is 0.00313. The van der Waals surface area contributed by atoms with Gasteiger partial charge in [-0.25, -0.2) is 0 Å². The zero-order chi connectivity index (χ0) is 22.2. The lowest BCUT2D eigenvalue weighted by atomic mass is 10.2. The van der Waals surface area contributed by atoms with Gasteiger partial charge < -0.3 is 14.8 Å². The van der Waals surface area contributed by atoms with Crippen LogP contribution in [0.25, 0.3) is 11.4 Å². The van der Waals surface area contributed by atoms with Gasteiger partial charge in [0.1, 0.15) is 0 Å². The quantitative estimate of drug-likeness (QED) is 0.426. The fourth-order valence-corrected chi connectivity index (χ4v) is 4.70. The van der Waals surface area contributed by atoms with Crippen molar-refractivity contribution in [1.29, 1.82) is 0 Å². The molecular formula is C23H29N5OS2. The molecule has 0 unspecified atom stereocenters. The normalized spacial score (nSPS) is 10.8. The molecule has 0 aliphatic carbocycles. The Labute approximate surface area is 192 Å². The average Bonchev–Trinajstić information content (AvgIpc) is 3.16. The van der Waals surface area contributed by atoms with Gasteiger partial charge in [-0.2, -0.15) is 0 Å². The van der Waals surface area contributed by atoms with Gasteiger partial charge in [-0.15, -0.1) is 22.0 Å². The zero-order valence-corrected chi connectivity index (χ0v) is 20.1. The molecule has 0 bridgehead atoms. The summed E-state index contributed by atoms with van der Waals surface area (Å²) in [5.41, 5.74) is 3.10. The predicted molar refractivity (Wildman–Crippen MR) is 132 cm³/mol. The number of anilines is 2. The van der Waals surface area contributed by atoms with Crippen LogP contribution in [-0.4, -0.2) is 45.8 Å². The lowest BCUT2D eigenvalue weighted by molar-refractivity contribution is -0.115. The van der Waals surface area contributed by atoms with Gasteiger partial charge in [0.25, 0.3) is 0 Å². The highest BCUT2D eigenvalue weighted by Crippen LogP contribution is 2.27. The summed E-state index contributed by atoms with van der Waals surface area (Å²) >= 11 is 3.16. The summed E-state index contributed by atoms with van der Waals surface area (Å²) in [5, 5.41) is 12.5. The molecule has 3 aromatic rings. The molecule has 1 N–H and O–H groups in total. The molecule has 0 saturated carbocycles. The van der Waals surface area contributed by atoms with Gasteiger partial charge in [0, 0.05) is 48.5 Å². The fraction of sp³-hybridized carbons (Fsp3) is 0.348. The molecule has 164 valence electrons. The monoisotopic (exact) mass is 455 g/mol. The number of hydrogen-bond donors (Lipinski definition) is 1. The van der Waals surface area contributed by atoms with E-state index in [1.807, 2.05) is 42.1 Å². The van der Waals surface area contributed by atoms with Gasteiger partial charge in [0.05, 0.1) is 5.69 Å². The van der Waals surface area contributed by atoms with Gasteiger partial charge in [0.2, 0.25) is 5.91 Å². The second-order valence-electron chi connectivity index (χ2n) is 6.93. The van der Waals surface area contributed by atoms with E-state index in [0.29, 0.717) is 12.2 Å². The number of thioether (sulfide) groups is 2. The van der Waals surface area contributed by atoms with Crippen LogP contribution in [0.2, 0.25) is 0 Å². The third-order valence-electron chi connectivity index (χ3n) is 5.03. The highest BCUT2D eigenvalue weighted by atomic mass is 32.2. The lowest BCUT2D eigenvalue weighted by Crippen LogP contribution is -2.21. The van der Waals surface area contributed by atoms with Crippen LogP contribution in [0.15, 0.2) is 58.6 Å². The highest BCUT2D eigenvalue weighted by Gasteiger charge is 2.13. The third-order valence-corrected chi connectivity index (χ3v) is 6.85. The van der Waals surface area contributed by atoms with Crippen molar-refractivity contribution in [3.05, 3.63) is 48.5 Å². The Morgan fingerprint density at radius 3 is 2.45 bits per heavy atom. The minimum Gasteiger partial charge on any atom is -0.372 e. The van der Waals surface area contributed by atoms with E-state index in [-0.39, 0.29) is 5.91 Å². The van der Waals surface area contributed by atoms with E-state index in [1.54, 1.807) is 23.5 Å². The van der Waals surface area contributed by atoms with Gasteiger partial charge in [0.15, 0.2) is 11.0 Å². The number of carbonyl (C=O) groups is 1. The summed E-state index contributed by atoms with van der Waals surface area (Å²) in [5.74, 6) is 1.47. The van der Waals surface area contributed by atoms with Crippen molar-refractivity contribution in [3.8, 4) is 11.4 Å². The maximum absolute atomic E-state index is 12.3. The van der Waals surface area contributed by atoms with E-state index in [9.17, 15) is 4.79 Å². The number of rotatable bonds is 10. The van der Waals surface area contributed by atoms with Gasteiger partial charge >= 0.3 is 0 Å². The van der Waals surface area contributed by atoms with Crippen LogP contribution in [0.1, 0.15) is 20.3 Å². The Hall–Kier alpha value is -2.45. The molecule has 0 radical (unpaired) electrons. The zero-order valence-electron chi connectivity index (χ0n) is 18.5. The number of carbonyl (C=O) groups excluding carboxylic acids is 1.